The number of thiazole rings is 1. The zero-order valence-electron chi connectivity index (χ0n) is 13.7. The lowest BCUT2D eigenvalue weighted by Gasteiger charge is -2.13. The summed E-state index contributed by atoms with van der Waals surface area (Å²) in [5, 5.41) is 4.30. The molecule has 0 spiro atoms. The maximum Gasteiger partial charge on any atom is 0.446 e. The Bertz CT molecular complexity index is 828. The van der Waals surface area contributed by atoms with E-state index < -0.39 is 12.5 Å². The van der Waals surface area contributed by atoms with Gasteiger partial charge in [0.2, 0.25) is 6.29 Å². The van der Waals surface area contributed by atoms with Crippen molar-refractivity contribution >= 4 is 33.8 Å². The molecule has 0 saturated carbocycles. The first-order chi connectivity index (χ1) is 11.9. The Hall–Kier alpha value is -2.42. The molecule has 0 aliphatic rings. The number of nitrogens with zero attached hydrogens (tertiary/aromatic N) is 3. The lowest BCUT2D eigenvalue weighted by atomic mass is 10.1. The monoisotopic (exact) mass is 370 g/mol. The number of carbonyl (C=O) groups excluding carboxylic acids is 1. The molecule has 25 heavy (non-hydrogen) atoms. The SMILES string of the molecule is CCCN(C)c1nc(-c2ccnc3[nH]ccc23)cs1.O=CC(F)(F)F. The molecule has 0 fully saturated rings. The maximum absolute atomic E-state index is 10.4. The Morgan fingerprint density at radius 2 is 2.08 bits per heavy atom. The number of aromatic nitrogens is 3. The molecule has 0 saturated heterocycles. The normalized spacial score (nSPS) is 11.1. The molecule has 0 aliphatic carbocycles. The minimum atomic E-state index is -4.64. The first-order valence-electron chi connectivity index (χ1n) is 7.48. The van der Waals surface area contributed by atoms with E-state index in [2.05, 4.69) is 34.2 Å². The smallest absolute Gasteiger partial charge is 0.351 e. The minimum Gasteiger partial charge on any atom is -0.351 e. The van der Waals surface area contributed by atoms with Crippen molar-refractivity contribution in [2.45, 2.75) is 19.5 Å². The first kappa shape index (κ1) is 18.9. The number of carbonyl (C=O) groups is 1. The summed E-state index contributed by atoms with van der Waals surface area (Å²) in [5.41, 5.74) is 3.07. The number of H-pyrrole nitrogens is 1. The van der Waals surface area contributed by atoms with Gasteiger partial charge in [-0.25, -0.2) is 9.97 Å². The van der Waals surface area contributed by atoms with Gasteiger partial charge in [0.25, 0.3) is 0 Å². The van der Waals surface area contributed by atoms with Crippen LogP contribution in [0.2, 0.25) is 0 Å². The summed E-state index contributed by atoms with van der Waals surface area (Å²) in [6, 6.07) is 4.07. The number of alkyl halides is 3. The van der Waals surface area contributed by atoms with Crippen molar-refractivity contribution in [3.05, 3.63) is 29.9 Å². The van der Waals surface area contributed by atoms with Crippen molar-refractivity contribution in [1.29, 1.82) is 0 Å². The largest absolute Gasteiger partial charge is 0.446 e. The van der Waals surface area contributed by atoms with Crippen LogP contribution in [0.4, 0.5) is 18.3 Å². The molecule has 0 bridgehead atoms. The van der Waals surface area contributed by atoms with Gasteiger partial charge in [0.15, 0.2) is 5.13 Å². The van der Waals surface area contributed by atoms with E-state index in [1.165, 1.54) is 0 Å². The molecule has 3 aromatic rings. The number of anilines is 1. The fraction of sp³-hybridized carbons (Fsp3) is 0.312. The van der Waals surface area contributed by atoms with Gasteiger partial charge in [-0.1, -0.05) is 6.92 Å². The highest BCUT2D eigenvalue weighted by Crippen LogP contribution is 2.30. The van der Waals surface area contributed by atoms with E-state index in [9.17, 15) is 13.2 Å². The van der Waals surface area contributed by atoms with Crippen LogP contribution >= 0.6 is 11.3 Å². The average Bonchev–Trinajstić information content (AvgIpc) is 3.24. The average molecular weight is 370 g/mol. The Balaban J connectivity index is 0.000000326. The van der Waals surface area contributed by atoms with Crippen LogP contribution in [0.5, 0.6) is 0 Å². The van der Waals surface area contributed by atoms with E-state index >= 15 is 0 Å². The number of nitrogens with one attached hydrogen (secondary N) is 1. The number of pyridine rings is 1. The van der Waals surface area contributed by atoms with Crippen LogP contribution in [-0.4, -0.2) is 41.0 Å². The summed E-state index contributed by atoms with van der Waals surface area (Å²) >= 11 is 1.69. The van der Waals surface area contributed by atoms with Gasteiger partial charge in [0.05, 0.1) is 5.69 Å². The number of rotatable bonds is 4. The summed E-state index contributed by atoms with van der Waals surface area (Å²) in [6.07, 6.45) is -0.837. The maximum atomic E-state index is 10.4. The van der Waals surface area contributed by atoms with Crippen molar-refractivity contribution < 1.29 is 18.0 Å². The quantitative estimate of drug-likeness (QED) is 0.697. The molecule has 0 radical (unpaired) electrons. The molecular weight excluding hydrogens is 353 g/mol. The topological polar surface area (TPSA) is 61.9 Å². The van der Waals surface area contributed by atoms with Crippen molar-refractivity contribution in [2.24, 2.45) is 0 Å². The van der Waals surface area contributed by atoms with Gasteiger partial charge in [0.1, 0.15) is 5.65 Å². The van der Waals surface area contributed by atoms with Crippen molar-refractivity contribution in [2.75, 3.05) is 18.5 Å². The predicted molar refractivity (Wildman–Crippen MR) is 92.9 cm³/mol. The fourth-order valence-electron chi connectivity index (χ4n) is 2.18. The molecule has 0 aliphatic heterocycles. The fourth-order valence-corrected chi connectivity index (χ4v) is 3.00. The number of aromatic amines is 1. The third kappa shape index (κ3) is 5.02. The zero-order valence-corrected chi connectivity index (χ0v) is 14.5. The third-order valence-corrected chi connectivity index (χ3v) is 4.20. The van der Waals surface area contributed by atoms with Gasteiger partial charge in [-0.2, -0.15) is 13.2 Å². The molecule has 9 heteroatoms. The molecule has 3 rings (SSSR count). The first-order valence-corrected chi connectivity index (χ1v) is 8.36. The van der Waals surface area contributed by atoms with Gasteiger partial charge in [0, 0.05) is 42.3 Å². The Morgan fingerprint density at radius 1 is 1.36 bits per heavy atom. The van der Waals surface area contributed by atoms with Crippen LogP contribution in [0, 0.1) is 0 Å². The van der Waals surface area contributed by atoms with Gasteiger partial charge < -0.3 is 9.88 Å². The molecule has 3 heterocycles. The summed E-state index contributed by atoms with van der Waals surface area (Å²) in [5.74, 6) is 0. The second-order valence-corrected chi connectivity index (χ2v) is 6.03. The van der Waals surface area contributed by atoms with E-state index in [1.807, 2.05) is 24.5 Å². The van der Waals surface area contributed by atoms with E-state index in [0.29, 0.717) is 0 Å². The lowest BCUT2D eigenvalue weighted by Crippen LogP contribution is -2.17. The van der Waals surface area contributed by atoms with Gasteiger partial charge in [-0.3, -0.25) is 4.79 Å². The summed E-state index contributed by atoms with van der Waals surface area (Å²) in [4.78, 5) is 23.1. The van der Waals surface area contributed by atoms with Crippen LogP contribution < -0.4 is 4.90 Å². The molecule has 1 N–H and O–H groups in total. The van der Waals surface area contributed by atoms with E-state index in [-0.39, 0.29) is 0 Å². The Morgan fingerprint density at radius 3 is 2.72 bits per heavy atom. The zero-order chi connectivity index (χ0) is 18.4. The molecule has 0 aromatic carbocycles. The minimum absolute atomic E-state index is 0.911. The summed E-state index contributed by atoms with van der Waals surface area (Å²) in [7, 11) is 2.09. The molecule has 134 valence electrons. The number of hydrogen-bond acceptors (Lipinski definition) is 5. The van der Waals surface area contributed by atoms with E-state index in [0.717, 1.165) is 40.4 Å². The van der Waals surface area contributed by atoms with E-state index in [1.54, 1.807) is 11.3 Å². The van der Waals surface area contributed by atoms with Crippen LogP contribution in [0.3, 0.4) is 0 Å². The van der Waals surface area contributed by atoms with Crippen LogP contribution in [0.1, 0.15) is 13.3 Å². The summed E-state index contributed by atoms with van der Waals surface area (Å²) < 4.78 is 31.2. The number of fused-ring (bicyclic) bond motifs is 1. The molecule has 0 amide bonds. The molecular formula is C16H17F3N4OS. The van der Waals surface area contributed by atoms with Crippen molar-refractivity contribution in [1.82, 2.24) is 15.0 Å². The molecule has 0 atom stereocenters. The van der Waals surface area contributed by atoms with Crippen LogP contribution in [0.25, 0.3) is 22.3 Å². The van der Waals surface area contributed by atoms with E-state index in [4.69, 9.17) is 9.78 Å². The Kier molecular flexibility index (Phi) is 6.13. The second-order valence-electron chi connectivity index (χ2n) is 5.19. The standard InChI is InChI=1S/C14H16N4S.C2HF3O/c1-3-8-18(2)14-17-12(9-19-14)10-4-6-15-13-11(10)5-7-16-13;3-2(4,5)1-6/h4-7,9H,3,8H2,1-2H3,(H,15,16);1H. The number of hydrogen-bond donors (Lipinski definition) is 1. The molecule has 0 unspecified atom stereocenters. The number of aldehydes is 1. The summed E-state index contributed by atoms with van der Waals surface area (Å²) in [6.45, 7) is 3.21. The second kappa shape index (κ2) is 8.11. The molecule has 5 nitrogen and oxygen atoms in total. The predicted octanol–water partition coefficient (Wildman–Crippen LogP) is 4.28. The highest BCUT2D eigenvalue weighted by Gasteiger charge is 2.24. The highest BCUT2D eigenvalue weighted by molar-refractivity contribution is 7.14. The highest BCUT2D eigenvalue weighted by atomic mass is 32.1. The lowest BCUT2D eigenvalue weighted by molar-refractivity contribution is -0.156. The van der Waals surface area contributed by atoms with Crippen molar-refractivity contribution in [3.63, 3.8) is 0 Å². The van der Waals surface area contributed by atoms with Crippen LogP contribution in [0.15, 0.2) is 29.9 Å². The van der Waals surface area contributed by atoms with Gasteiger partial charge in [-0.05, 0) is 18.6 Å². The van der Waals surface area contributed by atoms with Crippen LogP contribution in [-0.2, 0) is 4.79 Å². The van der Waals surface area contributed by atoms with Crippen molar-refractivity contribution in [3.8, 4) is 11.3 Å². The number of halogens is 3. The third-order valence-electron chi connectivity index (χ3n) is 3.25. The van der Waals surface area contributed by atoms with Gasteiger partial charge >= 0.3 is 6.18 Å². The Labute approximate surface area is 146 Å². The molecule has 3 aromatic heterocycles. The van der Waals surface area contributed by atoms with Gasteiger partial charge in [-0.15, -0.1) is 11.3 Å².